The minimum absolute atomic E-state index is 0.0992. The summed E-state index contributed by atoms with van der Waals surface area (Å²) in [5.74, 6) is -0.614. The molecule has 0 fully saturated rings. The number of carbonyl (C=O) groups is 2. The fraction of sp³-hybridized carbons (Fsp3) is 0.348. The van der Waals surface area contributed by atoms with Crippen LogP contribution in [0.15, 0.2) is 36.5 Å². The van der Waals surface area contributed by atoms with Gasteiger partial charge in [-0.2, -0.15) is 5.10 Å². The fourth-order valence-corrected chi connectivity index (χ4v) is 4.07. The molecule has 3 rings (SSSR count). The summed E-state index contributed by atoms with van der Waals surface area (Å²) < 4.78 is 14.9. The summed E-state index contributed by atoms with van der Waals surface area (Å²) in [6, 6.07) is 7.62. The van der Waals surface area contributed by atoms with Gasteiger partial charge in [0.2, 0.25) is 5.91 Å². The van der Waals surface area contributed by atoms with Crippen molar-refractivity contribution in [3.8, 4) is 5.69 Å². The predicted molar refractivity (Wildman–Crippen MR) is 121 cm³/mol. The smallest absolute Gasteiger partial charge is 0.262 e. The number of carbonyl (C=O) groups excluding carboxylic acids is 2. The summed E-state index contributed by atoms with van der Waals surface area (Å²) in [7, 11) is 0. The average molecular weight is 443 g/mol. The molecule has 164 valence electrons. The monoisotopic (exact) mass is 442 g/mol. The van der Waals surface area contributed by atoms with Crippen molar-refractivity contribution in [3.05, 3.63) is 64.0 Å². The van der Waals surface area contributed by atoms with Crippen LogP contribution in [0.1, 0.15) is 60.2 Å². The van der Waals surface area contributed by atoms with Gasteiger partial charge in [-0.1, -0.05) is 20.8 Å². The topological polar surface area (TPSA) is 76.0 Å². The lowest BCUT2D eigenvalue weighted by molar-refractivity contribution is -0.123. The summed E-state index contributed by atoms with van der Waals surface area (Å²) in [5, 5.41) is 10.9. The highest BCUT2D eigenvalue weighted by Crippen LogP contribution is 2.29. The highest BCUT2D eigenvalue weighted by molar-refractivity contribution is 7.18. The number of anilines is 1. The zero-order valence-electron chi connectivity index (χ0n) is 18.5. The van der Waals surface area contributed by atoms with Gasteiger partial charge in [-0.05, 0) is 56.7 Å². The lowest BCUT2D eigenvalue weighted by atomic mass is 9.96. The second-order valence-corrected chi connectivity index (χ2v) is 9.65. The van der Waals surface area contributed by atoms with Gasteiger partial charge < -0.3 is 10.6 Å². The van der Waals surface area contributed by atoms with E-state index < -0.39 is 5.41 Å². The average Bonchev–Trinajstić information content (AvgIpc) is 3.24. The van der Waals surface area contributed by atoms with Crippen LogP contribution in [-0.2, 0) is 4.79 Å². The van der Waals surface area contributed by atoms with Crippen LogP contribution in [-0.4, -0.2) is 21.6 Å². The van der Waals surface area contributed by atoms with E-state index in [4.69, 9.17) is 0 Å². The highest BCUT2D eigenvalue weighted by Gasteiger charge is 2.24. The SMILES string of the molecule is Cc1cc(NC(=O)C(C)(C)C)sc1C(=O)NC(C)c1cnn(-c2ccc(F)cc2)c1C. The zero-order chi connectivity index (χ0) is 22.9. The molecule has 0 radical (unpaired) electrons. The molecule has 0 spiro atoms. The number of nitrogens with zero attached hydrogens (tertiary/aromatic N) is 2. The number of hydrogen-bond acceptors (Lipinski definition) is 4. The number of benzene rings is 1. The van der Waals surface area contributed by atoms with E-state index in [1.807, 2.05) is 47.6 Å². The molecule has 2 aromatic heterocycles. The summed E-state index contributed by atoms with van der Waals surface area (Å²) in [6.45, 7) is 11.2. The van der Waals surface area contributed by atoms with E-state index in [0.717, 1.165) is 22.5 Å². The molecule has 1 unspecified atom stereocenters. The Kier molecular flexibility index (Phi) is 6.31. The molecule has 2 heterocycles. The van der Waals surface area contributed by atoms with Crippen molar-refractivity contribution in [1.29, 1.82) is 0 Å². The Hall–Kier alpha value is -3.00. The molecule has 31 heavy (non-hydrogen) atoms. The minimum atomic E-state index is -0.517. The predicted octanol–water partition coefficient (Wildman–Crippen LogP) is 5.17. The molecule has 0 saturated carbocycles. The molecular weight excluding hydrogens is 415 g/mol. The quantitative estimate of drug-likeness (QED) is 0.573. The Labute approximate surface area is 185 Å². The van der Waals surface area contributed by atoms with E-state index in [2.05, 4.69) is 15.7 Å². The van der Waals surface area contributed by atoms with Crippen molar-refractivity contribution in [3.63, 3.8) is 0 Å². The van der Waals surface area contributed by atoms with Gasteiger partial charge in [0.05, 0.1) is 27.8 Å². The van der Waals surface area contributed by atoms with E-state index in [-0.39, 0.29) is 23.7 Å². The summed E-state index contributed by atoms with van der Waals surface area (Å²) in [6.07, 6.45) is 1.71. The Morgan fingerprint density at radius 2 is 1.81 bits per heavy atom. The van der Waals surface area contributed by atoms with Gasteiger partial charge in [0.15, 0.2) is 0 Å². The van der Waals surface area contributed by atoms with Crippen molar-refractivity contribution >= 4 is 28.2 Å². The Morgan fingerprint density at radius 3 is 2.42 bits per heavy atom. The van der Waals surface area contributed by atoms with Gasteiger partial charge >= 0.3 is 0 Å². The van der Waals surface area contributed by atoms with Gasteiger partial charge in [-0.15, -0.1) is 11.3 Å². The second-order valence-electron chi connectivity index (χ2n) is 8.60. The van der Waals surface area contributed by atoms with Crippen LogP contribution in [0, 0.1) is 25.1 Å². The number of thiophene rings is 1. The normalized spacial score (nSPS) is 12.5. The Balaban J connectivity index is 1.74. The summed E-state index contributed by atoms with van der Waals surface area (Å²) in [5.41, 5.74) is 2.76. The van der Waals surface area contributed by atoms with Crippen LogP contribution in [0.5, 0.6) is 0 Å². The van der Waals surface area contributed by atoms with Crippen LogP contribution in [0.4, 0.5) is 9.39 Å². The highest BCUT2D eigenvalue weighted by atomic mass is 32.1. The van der Waals surface area contributed by atoms with Gasteiger partial charge in [0, 0.05) is 16.7 Å². The molecule has 1 atom stereocenters. The van der Waals surface area contributed by atoms with E-state index in [1.165, 1.54) is 23.5 Å². The maximum atomic E-state index is 13.2. The van der Waals surface area contributed by atoms with Gasteiger partial charge in [-0.3, -0.25) is 9.59 Å². The first kappa shape index (κ1) is 22.7. The number of nitrogens with one attached hydrogen (secondary N) is 2. The first-order valence-electron chi connectivity index (χ1n) is 10.0. The standard InChI is InChI=1S/C23H27FN4O2S/c1-13-11-19(27-22(30)23(4,5)6)31-20(13)21(29)26-14(2)18-12-25-28(15(18)3)17-9-7-16(24)8-10-17/h7-12,14H,1-6H3,(H,26,29)(H,27,30). The second kappa shape index (κ2) is 8.63. The van der Waals surface area contributed by atoms with E-state index in [0.29, 0.717) is 9.88 Å². The Morgan fingerprint density at radius 1 is 1.16 bits per heavy atom. The van der Waals surface area contributed by atoms with Crippen LogP contribution in [0.25, 0.3) is 5.69 Å². The third-order valence-electron chi connectivity index (χ3n) is 4.97. The lowest BCUT2D eigenvalue weighted by Crippen LogP contribution is -2.27. The lowest BCUT2D eigenvalue weighted by Gasteiger charge is -2.16. The number of halogens is 1. The Bertz CT molecular complexity index is 1110. The molecule has 0 aliphatic rings. The maximum Gasteiger partial charge on any atom is 0.262 e. The third kappa shape index (κ3) is 5.02. The number of amides is 2. The molecule has 0 saturated heterocycles. The molecule has 8 heteroatoms. The molecular formula is C23H27FN4O2S. The molecule has 2 N–H and O–H groups in total. The van der Waals surface area contributed by atoms with Gasteiger partial charge in [0.25, 0.3) is 5.91 Å². The van der Waals surface area contributed by atoms with Crippen molar-refractivity contribution in [2.24, 2.45) is 5.41 Å². The van der Waals surface area contributed by atoms with Crippen LogP contribution < -0.4 is 10.6 Å². The van der Waals surface area contributed by atoms with Crippen LogP contribution >= 0.6 is 11.3 Å². The number of rotatable bonds is 5. The van der Waals surface area contributed by atoms with Crippen LogP contribution in [0.2, 0.25) is 0 Å². The van der Waals surface area contributed by atoms with Crippen molar-refractivity contribution in [2.75, 3.05) is 5.32 Å². The maximum absolute atomic E-state index is 13.2. The van der Waals surface area contributed by atoms with Crippen molar-refractivity contribution in [1.82, 2.24) is 15.1 Å². The molecule has 0 aliphatic carbocycles. The minimum Gasteiger partial charge on any atom is -0.345 e. The van der Waals surface area contributed by atoms with E-state index in [9.17, 15) is 14.0 Å². The number of aromatic nitrogens is 2. The summed E-state index contributed by atoms with van der Waals surface area (Å²) in [4.78, 5) is 25.7. The summed E-state index contributed by atoms with van der Waals surface area (Å²) >= 11 is 1.26. The fourth-order valence-electron chi connectivity index (χ4n) is 3.10. The van der Waals surface area contributed by atoms with E-state index in [1.54, 1.807) is 23.0 Å². The molecule has 2 amide bonds. The first-order chi connectivity index (χ1) is 14.5. The first-order valence-corrected chi connectivity index (χ1v) is 10.8. The third-order valence-corrected chi connectivity index (χ3v) is 6.13. The molecule has 0 aliphatic heterocycles. The largest absolute Gasteiger partial charge is 0.345 e. The number of aryl methyl sites for hydroxylation is 1. The molecule has 1 aromatic carbocycles. The van der Waals surface area contributed by atoms with Crippen molar-refractivity contribution in [2.45, 2.75) is 47.6 Å². The zero-order valence-corrected chi connectivity index (χ0v) is 19.4. The van der Waals surface area contributed by atoms with Crippen LogP contribution in [0.3, 0.4) is 0 Å². The van der Waals surface area contributed by atoms with Crippen molar-refractivity contribution < 1.29 is 14.0 Å². The van der Waals surface area contributed by atoms with Gasteiger partial charge in [0.1, 0.15) is 5.82 Å². The molecule has 0 bridgehead atoms. The molecule has 6 nitrogen and oxygen atoms in total. The van der Waals surface area contributed by atoms with Gasteiger partial charge in [-0.25, -0.2) is 9.07 Å². The molecule has 3 aromatic rings. The van der Waals surface area contributed by atoms with E-state index >= 15 is 0 Å². The number of hydrogen-bond donors (Lipinski definition) is 2.